The van der Waals surface area contributed by atoms with Gasteiger partial charge in [-0.2, -0.15) is 0 Å². The Morgan fingerprint density at radius 3 is 2.16 bits per heavy atom. The minimum atomic E-state index is -3.52. The van der Waals surface area contributed by atoms with E-state index in [4.69, 9.17) is 23.2 Å². The van der Waals surface area contributed by atoms with Gasteiger partial charge in [0.05, 0.1) is 4.90 Å². The molecule has 0 atom stereocenters. The second-order valence-electron chi connectivity index (χ2n) is 4.11. The average Bonchev–Trinajstić information content (AvgIpc) is 2.32. The number of alkyl halides is 1. The van der Waals surface area contributed by atoms with E-state index in [0.717, 1.165) is 23.7 Å². The minimum Gasteiger partial charge on any atom is -0.211 e. The summed E-state index contributed by atoms with van der Waals surface area (Å²) in [5.41, 5.74) is 0. The molecule has 0 spiro atoms. The van der Waals surface area contributed by atoms with Crippen LogP contribution in [0.25, 0.3) is 0 Å². The van der Waals surface area contributed by atoms with E-state index in [-0.39, 0.29) is 4.90 Å². The Morgan fingerprint density at radius 2 is 1.58 bits per heavy atom. The van der Waals surface area contributed by atoms with Gasteiger partial charge in [0.2, 0.25) is 10.0 Å². The van der Waals surface area contributed by atoms with Gasteiger partial charge in [-0.05, 0) is 35.5 Å². The van der Waals surface area contributed by atoms with E-state index in [1.807, 2.05) is 0 Å². The summed E-state index contributed by atoms with van der Waals surface area (Å²) < 4.78 is 27.7. The highest BCUT2D eigenvalue weighted by molar-refractivity contribution is 14.1. The first-order chi connectivity index (χ1) is 8.95. The zero-order valence-corrected chi connectivity index (χ0v) is 14.8. The van der Waals surface area contributed by atoms with Crippen molar-refractivity contribution >= 4 is 55.8 Å². The first kappa shape index (κ1) is 17.5. The molecule has 0 fully saturated rings. The van der Waals surface area contributed by atoms with E-state index in [0.29, 0.717) is 16.6 Å². The quantitative estimate of drug-likeness (QED) is 0.376. The van der Waals surface area contributed by atoms with E-state index in [9.17, 15) is 8.42 Å². The lowest BCUT2D eigenvalue weighted by Gasteiger charge is -2.07. The van der Waals surface area contributed by atoms with Gasteiger partial charge in [0.25, 0.3) is 0 Å². The highest BCUT2D eigenvalue weighted by Gasteiger charge is 2.14. The molecular weight excluding hydrogens is 420 g/mol. The van der Waals surface area contributed by atoms with Crippen LogP contribution in [-0.2, 0) is 10.0 Å². The second kappa shape index (κ2) is 8.67. The predicted octanol–water partition coefficient (Wildman–Crippen LogP) is 4.27. The van der Waals surface area contributed by atoms with Crippen LogP contribution >= 0.6 is 45.8 Å². The molecule has 0 aromatic heterocycles. The Balaban J connectivity index is 2.51. The molecule has 3 nitrogen and oxygen atoms in total. The van der Waals surface area contributed by atoms with Crippen molar-refractivity contribution < 1.29 is 8.42 Å². The van der Waals surface area contributed by atoms with Crippen molar-refractivity contribution in [1.82, 2.24) is 4.72 Å². The third-order valence-corrected chi connectivity index (χ3v) is 5.14. The van der Waals surface area contributed by atoms with E-state index < -0.39 is 10.0 Å². The lowest BCUT2D eigenvalue weighted by molar-refractivity contribution is 0.574. The maximum atomic E-state index is 12.0. The Bertz CT molecular complexity index is 488. The van der Waals surface area contributed by atoms with Crippen LogP contribution in [0.3, 0.4) is 0 Å². The van der Waals surface area contributed by atoms with Crippen LogP contribution in [0.2, 0.25) is 10.0 Å². The number of sulfonamides is 1. The molecule has 0 aliphatic heterocycles. The normalized spacial score (nSPS) is 11.7. The molecule has 0 radical (unpaired) electrons. The molecule has 1 aromatic rings. The molecule has 0 saturated carbocycles. The predicted molar refractivity (Wildman–Crippen MR) is 89.0 cm³/mol. The van der Waals surface area contributed by atoms with Crippen LogP contribution in [0.4, 0.5) is 0 Å². The van der Waals surface area contributed by atoms with Crippen LogP contribution in [0, 0.1) is 0 Å². The molecule has 7 heteroatoms. The number of rotatable bonds is 8. The Labute approximate surface area is 138 Å². The van der Waals surface area contributed by atoms with Crippen molar-refractivity contribution in [2.24, 2.45) is 0 Å². The second-order valence-corrected chi connectivity index (χ2v) is 7.82. The lowest BCUT2D eigenvalue weighted by atomic mass is 10.2. The first-order valence-electron chi connectivity index (χ1n) is 5.97. The average molecular weight is 436 g/mol. The third kappa shape index (κ3) is 6.62. The molecule has 0 unspecified atom stereocenters. The molecule has 0 amide bonds. The van der Waals surface area contributed by atoms with Crippen molar-refractivity contribution in [2.75, 3.05) is 11.0 Å². The number of benzene rings is 1. The van der Waals surface area contributed by atoms with Crippen molar-refractivity contribution in [2.45, 2.75) is 30.6 Å². The highest BCUT2D eigenvalue weighted by Crippen LogP contribution is 2.22. The van der Waals surface area contributed by atoms with Crippen LogP contribution < -0.4 is 4.72 Å². The van der Waals surface area contributed by atoms with Gasteiger partial charge >= 0.3 is 0 Å². The van der Waals surface area contributed by atoms with E-state index in [1.165, 1.54) is 24.6 Å². The van der Waals surface area contributed by atoms with Crippen molar-refractivity contribution in [3.8, 4) is 0 Å². The van der Waals surface area contributed by atoms with Gasteiger partial charge in [-0.15, -0.1) is 0 Å². The number of hydrogen-bond acceptors (Lipinski definition) is 2. The number of hydrogen-bond donors (Lipinski definition) is 1. The monoisotopic (exact) mass is 435 g/mol. The van der Waals surface area contributed by atoms with Crippen molar-refractivity contribution in [1.29, 1.82) is 0 Å². The molecule has 0 saturated heterocycles. The molecule has 0 bridgehead atoms. The zero-order valence-electron chi connectivity index (χ0n) is 10.3. The summed E-state index contributed by atoms with van der Waals surface area (Å²) in [7, 11) is -3.52. The topological polar surface area (TPSA) is 46.2 Å². The summed E-state index contributed by atoms with van der Waals surface area (Å²) in [6.45, 7) is 0.438. The summed E-state index contributed by atoms with van der Waals surface area (Å²) in [5.74, 6) is 0. The fourth-order valence-corrected chi connectivity index (χ4v) is 3.89. The largest absolute Gasteiger partial charge is 0.240 e. The van der Waals surface area contributed by atoms with Gasteiger partial charge in [-0.1, -0.05) is 58.6 Å². The first-order valence-corrected chi connectivity index (χ1v) is 9.74. The summed E-state index contributed by atoms with van der Waals surface area (Å²) in [4.78, 5) is 0.109. The number of nitrogens with one attached hydrogen (secondary N) is 1. The fraction of sp³-hybridized carbons (Fsp3) is 0.500. The Morgan fingerprint density at radius 1 is 1.00 bits per heavy atom. The molecule has 0 aliphatic carbocycles. The third-order valence-electron chi connectivity index (χ3n) is 2.50. The van der Waals surface area contributed by atoms with Crippen LogP contribution in [-0.4, -0.2) is 19.4 Å². The summed E-state index contributed by atoms with van der Waals surface area (Å²) in [6, 6.07) is 4.30. The van der Waals surface area contributed by atoms with Gasteiger partial charge in [-0.25, -0.2) is 13.1 Å². The number of unbranched alkanes of at least 4 members (excludes halogenated alkanes) is 3. The molecule has 19 heavy (non-hydrogen) atoms. The van der Waals surface area contributed by atoms with Crippen LogP contribution in [0.15, 0.2) is 23.1 Å². The smallest absolute Gasteiger partial charge is 0.211 e. The van der Waals surface area contributed by atoms with Crippen molar-refractivity contribution in [3.63, 3.8) is 0 Å². The van der Waals surface area contributed by atoms with Crippen LogP contribution in [0.5, 0.6) is 0 Å². The van der Waals surface area contributed by atoms with E-state index in [1.54, 1.807) is 0 Å². The summed E-state index contributed by atoms with van der Waals surface area (Å²) >= 11 is 13.9. The maximum absolute atomic E-state index is 12.0. The fourth-order valence-electron chi connectivity index (χ4n) is 1.55. The minimum absolute atomic E-state index is 0.109. The van der Waals surface area contributed by atoms with Gasteiger partial charge in [0.15, 0.2) is 0 Å². The molecule has 108 valence electrons. The summed E-state index contributed by atoms with van der Waals surface area (Å²) in [5, 5.41) is 0.629. The SMILES string of the molecule is O=S(=O)(NCCCCCCI)c1cc(Cl)cc(Cl)c1. The molecule has 0 aliphatic rings. The van der Waals surface area contributed by atoms with E-state index in [2.05, 4.69) is 27.3 Å². The van der Waals surface area contributed by atoms with Gasteiger partial charge in [-0.3, -0.25) is 0 Å². The van der Waals surface area contributed by atoms with Crippen LogP contribution in [0.1, 0.15) is 25.7 Å². The number of halogens is 3. The van der Waals surface area contributed by atoms with Gasteiger partial charge < -0.3 is 0 Å². The zero-order chi connectivity index (χ0) is 14.3. The molecule has 1 rings (SSSR count). The van der Waals surface area contributed by atoms with Gasteiger partial charge in [0, 0.05) is 16.6 Å². The Kier molecular flexibility index (Phi) is 7.98. The highest BCUT2D eigenvalue weighted by atomic mass is 127. The molecule has 0 heterocycles. The molecule has 1 N–H and O–H groups in total. The van der Waals surface area contributed by atoms with Crippen molar-refractivity contribution in [3.05, 3.63) is 28.2 Å². The van der Waals surface area contributed by atoms with E-state index >= 15 is 0 Å². The molecular formula is C12H16Cl2INO2S. The summed E-state index contributed by atoms with van der Waals surface area (Å²) in [6.07, 6.45) is 4.18. The lowest BCUT2D eigenvalue weighted by Crippen LogP contribution is -2.24. The standard InChI is InChI=1S/C12H16Cl2INO2S/c13-10-7-11(14)9-12(8-10)19(17,18)16-6-4-2-1-3-5-15/h7-9,16H,1-6H2. The molecule has 1 aromatic carbocycles. The van der Waals surface area contributed by atoms with Gasteiger partial charge in [0.1, 0.15) is 0 Å². The maximum Gasteiger partial charge on any atom is 0.240 e. The Hall–Kier alpha value is 0.440.